The van der Waals surface area contributed by atoms with E-state index in [1.165, 1.54) is 0 Å². The summed E-state index contributed by atoms with van der Waals surface area (Å²) >= 11 is 0. The lowest BCUT2D eigenvalue weighted by atomic mass is 10.1. The van der Waals surface area contributed by atoms with Gasteiger partial charge in [0.25, 0.3) is 0 Å². The van der Waals surface area contributed by atoms with E-state index in [1.54, 1.807) is 6.20 Å². The van der Waals surface area contributed by atoms with E-state index < -0.39 is 0 Å². The molecule has 1 aromatic rings. The molecule has 1 amide bonds. The maximum Gasteiger partial charge on any atom is 0.220 e. The Balaban J connectivity index is 2.19. The van der Waals surface area contributed by atoms with Crippen molar-refractivity contribution in [2.75, 3.05) is 24.1 Å². The molecule has 0 aromatic carbocycles. The molecule has 1 rings (SSSR count). The average molecular weight is 264 g/mol. The van der Waals surface area contributed by atoms with Crippen LogP contribution < -0.4 is 16.4 Å². The smallest absolute Gasteiger partial charge is 0.220 e. The number of carbonyl (C=O) groups excluding carboxylic acids is 1. The summed E-state index contributed by atoms with van der Waals surface area (Å²) in [7, 11) is 0. The van der Waals surface area contributed by atoms with E-state index in [2.05, 4.69) is 15.6 Å². The number of nitrogens with zero attached hydrogens (tertiary/aromatic N) is 1. The molecular weight excluding hydrogens is 240 g/mol. The zero-order valence-corrected chi connectivity index (χ0v) is 12.0. The Morgan fingerprint density at radius 2 is 2.16 bits per heavy atom. The largest absolute Gasteiger partial charge is 0.396 e. The van der Waals surface area contributed by atoms with E-state index in [0.717, 1.165) is 18.5 Å². The number of amides is 1. The highest BCUT2D eigenvalue weighted by molar-refractivity contribution is 5.76. The third-order valence-corrected chi connectivity index (χ3v) is 2.62. The minimum Gasteiger partial charge on any atom is -0.396 e. The first-order chi connectivity index (χ1) is 8.99. The zero-order valence-electron chi connectivity index (χ0n) is 12.0. The lowest BCUT2D eigenvalue weighted by Crippen LogP contribution is -2.26. The Morgan fingerprint density at radius 1 is 1.42 bits per heavy atom. The Bertz CT molecular complexity index is 418. The minimum atomic E-state index is 0.114. The van der Waals surface area contributed by atoms with E-state index in [1.807, 2.05) is 26.8 Å². The molecule has 0 fully saturated rings. The van der Waals surface area contributed by atoms with Crippen LogP contribution in [-0.4, -0.2) is 24.0 Å². The molecule has 1 heterocycles. The second kappa shape index (κ2) is 7.61. The predicted octanol–water partition coefficient (Wildman–Crippen LogP) is 1.94. The average Bonchev–Trinajstić information content (AvgIpc) is 2.30. The van der Waals surface area contributed by atoms with Crippen molar-refractivity contribution in [3.63, 3.8) is 0 Å². The molecule has 0 bridgehead atoms. The monoisotopic (exact) mass is 264 g/mol. The standard InChI is InChI=1S/C14H24N4O/c1-10(2)7-13(19)16-5-4-6-17-14-12(15)8-11(3)9-18-14/h8-10H,4-7,15H2,1-3H3,(H,16,19)(H,17,18). The van der Waals surface area contributed by atoms with Crippen molar-refractivity contribution in [2.24, 2.45) is 5.92 Å². The summed E-state index contributed by atoms with van der Waals surface area (Å²) < 4.78 is 0. The Labute approximate surface area is 115 Å². The van der Waals surface area contributed by atoms with Gasteiger partial charge < -0.3 is 16.4 Å². The minimum absolute atomic E-state index is 0.114. The van der Waals surface area contributed by atoms with Crippen molar-refractivity contribution in [3.8, 4) is 0 Å². The van der Waals surface area contributed by atoms with Gasteiger partial charge in [-0.2, -0.15) is 0 Å². The van der Waals surface area contributed by atoms with Crippen LogP contribution in [0.15, 0.2) is 12.3 Å². The molecule has 0 aliphatic carbocycles. The van der Waals surface area contributed by atoms with Gasteiger partial charge >= 0.3 is 0 Å². The summed E-state index contributed by atoms with van der Waals surface area (Å²) in [6, 6.07) is 1.89. The lowest BCUT2D eigenvalue weighted by Gasteiger charge is -2.10. The number of pyridine rings is 1. The van der Waals surface area contributed by atoms with Crippen LogP contribution in [0.2, 0.25) is 0 Å². The van der Waals surface area contributed by atoms with E-state index in [0.29, 0.717) is 30.4 Å². The van der Waals surface area contributed by atoms with Crippen LogP contribution in [-0.2, 0) is 4.79 Å². The Hall–Kier alpha value is -1.78. The van der Waals surface area contributed by atoms with Crippen molar-refractivity contribution in [1.82, 2.24) is 10.3 Å². The molecular formula is C14H24N4O. The summed E-state index contributed by atoms with van der Waals surface area (Å²) in [6.45, 7) is 7.43. The topological polar surface area (TPSA) is 80.0 Å². The van der Waals surface area contributed by atoms with Crippen LogP contribution in [0.25, 0.3) is 0 Å². The molecule has 0 saturated carbocycles. The molecule has 5 heteroatoms. The van der Waals surface area contributed by atoms with E-state index in [9.17, 15) is 4.79 Å². The number of hydrogen-bond donors (Lipinski definition) is 3. The highest BCUT2D eigenvalue weighted by atomic mass is 16.1. The summed E-state index contributed by atoms with van der Waals surface area (Å²) in [6.07, 6.45) is 3.21. The van der Waals surface area contributed by atoms with Gasteiger partial charge in [-0.15, -0.1) is 0 Å². The number of carbonyl (C=O) groups is 1. The summed E-state index contributed by atoms with van der Waals surface area (Å²) in [5.41, 5.74) is 7.55. The highest BCUT2D eigenvalue weighted by Gasteiger charge is 2.03. The van der Waals surface area contributed by atoms with Gasteiger partial charge in [-0.25, -0.2) is 4.98 Å². The second-order valence-corrected chi connectivity index (χ2v) is 5.18. The Kier molecular flexibility index (Phi) is 6.12. The van der Waals surface area contributed by atoms with Gasteiger partial charge in [-0.1, -0.05) is 13.8 Å². The third kappa shape index (κ3) is 6.08. The molecule has 5 nitrogen and oxygen atoms in total. The van der Waals surface area contributed by atoms with Crippen LogP contribution in [0.3, 0.4) is 0 Å². The molecule has 0 saturated heterocycles. The maximum atomic E-state index is 11.4. The quantitative estimate of drug-likeness (QED) is 0.657. The van der Waals surface area contributed by atoms with Crippen molar-refractivity contribution >= 4 is 17.4 Å². The van der Waals surface area contributed by atoms with Gasteiger partial charge in [0.05, 0.1) is 5.69 Å². The fraction of sp³-hybridized carbons (Fsp3) is 0.571. The van der Waals surface area contributed by atoms with E-state index >= 15 is 0 Å². The number of rotatable bonds is 7. The Morgan fingerprint density at radius 3 is 2.79 bits per heavy atom. The molecule has 0 spiro atoms. The van der Waals surface area contributed by atoms with Crippen LogP contribution in [0.1, 0.15) is 32.3 Å². The maximum absolute atomic E-state index is 11.4. The van der Waals surface area contributed by atoms with Gasteiger partial charge in [0.1, 0.15) is 5.82 Å². The molecule has 1 aromatic heterocycles. The number of aryl methyl sites for hydroxylation is 1. The fourth-order valence-electron chi connectivity index (χ4n) is 1.71. The van der Waals surface area contributed by atoms with Gasteiger partial charge in [0.2, 0.25) is 5.91 Å². The first-order valence-corrected chi connectivity index (χ1v) is 6.71. The number of anilines is 2. The van der Waals surface area contributed by atoms with Crippen molar-refractivity contribution < 1.29 is 4.79 Å². The van der Waals surface area contributed by atoms with Gasteiger partial charge in [-0.05, 0) is 30.9 Å². The summed E-state index contributed by atoms with van der Waals surface area (Å²) in [5.74, 6) is 1.22. The molecule has 19 heavy (non-hydrogen) atoms. The van der Waals surface area contributed by atoms with Crippen molar-refractivity contribution in [1.29, 1.82) is 0 Å². The SMILES string of the molecule is Cc1cnc(NCCCNC(=O)CC(C)C)c(N)c1. The van der Waals surface area contributed by atoms with E-state index in [4.69, 9.17) is 5.73 Å². The molecule has 0 radical (unpaired) electrons. The molecule has 4 N–H and O–H groups in total. The molecule has 0 aliphatic heterocycles. The normalized spacial score (nSPS) is 10.5. The zero-order chi connectivity index (χ0) is 14.3. The number of hydrogen-bond acceptors (Lipinski definition) is 4. The highest BCUT2D eigenvalue weighted by Crippen LogP contribution is 2.15. The van der Waals surface area contributed by atoms with Crippen LogP contribution in [0.4, 0.5) is 11.5 Å². The first kappa shape index (κ1) is 15.3. The van der Waals surface area contributed by atoms with E-state index in [-0.39, 0.29) is 5.91 Å². The second-order valence-electron chi connectivity index (χ2n) is 5.18. The molecule has 0 aliphatic rings. The number of nitrogens with two attached hydrogens (primary N) is 1. The van der Waals surface area contributed by atoms with Gasteiger partial charge in [-0.3, -0.25) is 4.79 Å². The summed E-state index contributed by atoms with van der Waals surface area (Å²) in [4.78, 5) is 15.6. The van der Waals surface area contributed by atoms with Crippen LogP contribution >= 0.6 is 0 Å². The number of aromatic nitrogens is 1. The lowest BCUT2D eigenvalue weighted by molar-refractivity contribution is -0.121. The number of nitrogen functional groups attached to an aromatic ring is 1. The predicted molar refractivity (Wildman–Crippen MR) is 79.0 cm³/mol. The van der Waals surface area contributed by atoms with Gasteiger partial charge in [0, 0.05) is 25.7 Å². The third-order valence-electron chi connectivity index (χ3n) is 2.62. The summed E-state index contributed by atoms with van der Waals surface area (Å²) in [5, 5.41) is 6.06. The molecule has 0 atom stereocenters. The fourth-order valence-corrected chi connectivity index (χ4v) is 1.71. The molecule has 0 unspecified atom stereocenters. The molecule has 106 valence electrons. The van der Waals surface area contributed by atoms with Gasteiger partial charge in [0.15, 0.2) is 0 Å². The van der Waals surface area contributed by atoms with Crippen molar-refractivity contribution in [2.45, 2.75) is 33.6 Å². The van der Waals surface area contributed by atoms with Crippen molar-refractivity contribution in [3.05, 3.63) is 17.8 Å². The van der Waals surface area contributed by atoms with Crippen LogP contribution in [0.5, 0.6) is 0 Å². The number of nitrogens with one attached hydrogen (secondary N) is 2. The van der Waals surface area contributed by atoms with Crippen LogP contribution in [0, 0.1) is 12.8 Å². The first-order valence-electron chi connectivity index (χ1n) is 6.71.